The molecule has 4 heteroatoms. The Bertz CT molecular complexity index is 759. The van der Waals surface area contributed by atoms with Crippen LogP contribution in [-0.2, 0) is 4.79 Å². The third-order valence-electron chi connectivity index (χ3n) is 9.17. The molecule has 1 N–H and O–H groups in total. The fraction of sp³-hybridized carbons (Fsp3) is 0.720. The second-order valence-corrected chi connectivity index (χ2v) is 10.5. The average Bonchev–Trinajstić information content (AvgIpc) is 3.54. The van der Waals surface area contributed by atoms with Crippen molar-refractivity contribution >= 4 is 5.91 Å². The van der Waals surface area contributed by atoms with Crippen LogP contribution in [0.4, 0.5) is 0 Å². The van der Waals surface area contributed by atoms with E-state index in [0.717, 1.165) is 31.8 Å². The second kappa shape index (κ2) is 7.09. The summed E-state index contributed by atoms with van der Waals surface area (Å²) < 4.78 is 0. The number of amides is 1. The normalized spacial score (nSPS) is 39.9. The molecule has 156 valence electrons. The fourth-order valence-electron chi connectivity index (χ4n) is 7.65. The number of carbonyl (C=O) groups excluding carboxylic acids is 1. The SMILES string of the molecule is O=C(N1CC2C[C@H]1CN2)[C@@]12CCC[C@@H]1C[C@@H](N1CCC(c3ccccc3)CC1)C2. The van der Waals surface area contributed by atoms with Crippen LogP contribution in [0.25, 0.3) is 0 Å². The van der Waals surface area contributed by atoms with Crippen LogP contribution in [0.15, 0.2) is 30.3 Å². The first-order valence-electron chi connectivity index (χ1n) is 12.1. The average molecular weight is 394 g/mol. The number of piperazine rings is 1. The zero-order chi connectivity index (χ0) is 19.4. The van der Waals surface area contributed by atoms with Gasteiger partial charge in [0, 0.05) is 31.2 Å². The Kier molecular flexibility index (Phi) is 4.50. The molecule has 3 heterocycles. The van der Waals surface area contributed by atoms with Gasteiger partial charge in [0.1, 0.15) is 0 Å². The summed E-state index contributed by atoms with van der Waals surface area (Å²) in [5.74, 6) is 1.89. The Morgan fingerprint density at radius 2 is 1.86 bits per heavy atom. The van der Waals surface area contributed by atoms with Crippen LogP contribution in [0, 0.1) is 11.3 Å². The highest BCUT2D eigenvalue weighted by Crippen LogP contribution is 2.57. The summed E-state index contributed by atoms with van der Waals surface area (Å²) in [4.78, 5) is 18.8. The number of nitrogens with one attached hydrogen (secondary N) is 1. The summed E-state index contributed by atoms with van der Waals surface area (Å²) in [5.41, 5.74) is 1.49. The van der Waals surface area contributed by atoms with Crippen LogP contribution >= 0.6 is 0 Å². The number of carbonyl (C=O) groups is 1. The lowest BCUT2D eigenvalue weighted by Crippen LogP contribution is -2.52. The number of fused-ring (bicyclic) bond motifs is 3. The zero-order valence-electron chi connectivity index (χ0n) is 17.6. The van der Waals surface area contributed by atoms with Crippen molar-refractivity contribution < 1.29 is 4.79 Å². The van der Waals surface area contributed by atoms with Gasteiger partial charge in [0.15, 0.2) is 0 Å². The molecule has 1 aromatic rings. The van der Waals surface area contributed by atoms with Crippen molar-refractivity contribution in [1.82, 2.24) is 15.1 Å². The van der Waals surface area contributed by atoms with E-state index in [4.69, 9.17) is 0 Å². The number of rotatable bonds is 3. The Hall–Kier alpha value is -1.39. The highest BCUT2D eigenvalue weighted by Gasteiger charge is 2.58. The van der Waals surface area contributed by atoms with Crippen molar-refractivity contribution in [2.45, 2.75) is 75.4 Å². The van der Waals surface area contributed by atoms with Gasteiger partial charge in [-0.2, -0.15) is 0 Å². The molecule has 5 fully saturated rings. The largest absolute Gasteiger partial charge is 0.336 e. The summed E-state index contributed by atoms with van der Waals surface area (Å²) in [6, 6.07) is 12.7. The maximum Gasteiger partial charge on any atom is 0.229 e. The molecule has 0 radical (unpaired) electrons. The number of hydrogen-bond acceptors (Lipinski definition) is 3. The quantitative estimate of drug-likeness (QED) is 0.855. The van der Waals surface area contributed by atoms with E-state index in [0.29, 0.717) is 30.0 Å². The third-order valence-corrected chi connectivity index (χ3v) is 9.17. The number of likely N-dealkylation sites (tertiary alicyclic amines) is 2. The van der Waals surface area contributed by atoms with Crippen molar-refractivity contribution in [2.75, 3.05) is 26.2 Å². The van der Waals surface area contributed by atoms with Crippen molar-refractivity contribution in [3.8, 4) is 0 Å². The van der Waals surface area contributed by atoms with Gasteiger partial charge in [0.2, 0.25) is 5.91 Å². The summed E-state index contributed by atoms with van der Waals surface area (Å²) in [6.45, 7) is 4.40. The summed E-state index contributed by atoms with van der Waals surface area (Å²) in [7, 11) is 0. The molecule has 3 saturated heterocycles. The van der Waals surface area contributed by atoms with E-state index in [1.165, 1.54) is 57.2 Å². The van der Waals surface area contributed by atoms with Gasteiger partial charge < -0.3 is 15.1 Å². The molecule has 6 rings (SSSR count). The topological polar surface area (TPSA) is 35.6 Å². The van der Waals surface area contributed by atoms with Crippen molar-refractivity contribution in [3.63, 3.8) is 0 Å². The van der Waals surface area contributed by atoms with Gasteiger partial charge in [-0.3, -0.25) is 4.79 Å². The molecule has 1 amide bonds. The highest BCUT2D eigenvalue weighted by atomic mass is 16.2. The van der Waals surface area contributed by atoms with Crippen LogP contribution in [0.1, 0.15) is 62.8 Å². The highest BCUT2D eigenvalue weighted by molar-refractivity contribution is 5.85. The van der Waals surface area contributed by atoms with Crippen molar-refractivity contribution in [1.29, 1.82) is 0 Å². The van der Waals surface area contributed by atoms with E-state index in [1.807, 2.05) is 0 Å². The Morgan fingerprint density at radius 3 is 2.59 bits per heavy atom. The molecule has 1 aromatic carbocycles. The Balaban J connectivity index is 1.13. The molecular formula is C25H35N3O. The number of hydrogen-bond donors (Lipinski definition) is 1. The molecule has 5 aliphatic rings. The van der Waals surface area contributed by atoms with Crippen molar-refractivity contribution in [3.05, 3.63) is 35.9 Å². The Morgan fingerprint density at radius 1 is 1.03 bits per heavy atom. The monoisotopic (exact) mass is 393 g/mol. The van der Waals surface area contributed by atoms with Crippen LogP contribution in [-0.4, -0.2) is 60.0 Å². The fourth-order valence-corrected chi connectivity index (χ4v) is 7.65. The summed E-state index contributed by atoms with van der Waals surface area (Å²) in [5, 5.41) is 3.56. The zero-order valence-corrected chi connectivity index (χ0v) is 17.6. The summed E-state index contributed by atoms with van der Waals surface area (Å²) >= 11 is 0. The molecule has 29 heavy (non-hydrogen) atoms. The minimum Gasteiger partial charge on any atom is -0.336 e. The maximum atomic E-state index is 13.8. The van der Waals surface area contributed by atoms with Crippen LogP contribution in [0.2, 0.25) is 0 Å². The number of benzene rings is 1. The predicted molar refractivity (Wildman–Crippen MR) is 115 cm³/mol. The van der Waals surface area contributed by atoms with Crippen molar-refractivity contribution in [2.24, 2.45) is 11.3 Å². The minimum atomic E-state index is -0.0224. The van der Waals surface area contributed by atoms with E-state index in [-0.39, 0.29) is 5.41 Å². The van der Waals surface area contributed by atoms with Gasteiger partial charge in [-0.15, -0.1) is 0 Å². The van der Waals surface area contributed by atoms with E-state index < -0.39 is 0 Å². The second-order valence-electron chi connectivity index (χ2n) is 10.5. The molecule has 0 spiro atoms. The maximum absolute atomic E-state index is 13.8. The number of nitrogens with zero attached hydrogens (tertiary/aromatic N) is 2. The Labute approximate surface area is 175 Å². The van der Waals surface area contributed by atoms with E-state index >= 15 is 0 Å². The smallest absolute Gasteiger partial charge is 0.229 e. The molecule has 0 aromatic heterocycles. The van der Waals surface area contributed by atoms with E-state index in [9.17, 15) is 4.79 Å². The van der Waals surface area contributed by atoms with Gasteiger partial charge >= 0.3 is 0 Å². The van der Waals surface area contributed by atoms with Gasteiger partial charge in [-0.1, -0.05) is 36.8 Å². The molecule has 2 aliphatic carbocycles. The molecule has 5 atom stereocenters. The minimum absolute atomic E-state index is 0.0224. The standard InChI is InChI=1S/C25H35N3O/c29-24(28-17-21-14-23(28)16-26-21)25-10-4-7-20(25)13-22(15-25)27-11-8-19(9-12-27)18-5-2-1-3-6-18/h1-3,5-6,19-23,26H,4,7-17H2/t20-,21?,22-,23+,25-/m1/s1. The number of piperidine rings is 1. The predicted octanol–water partition coefficient (Wildman–Crippen LogP) is 3.39. The lowest BCUT2D eigenvalue weighted by Gasteiger charge is -2.39. The summed E-state index contributed by atoms with van der Waals surface area (Å²) in [6.07, 6.45) is 9.82. The van der Waals surface area contributed by atoms with Crippen LogP contribution < -0.4 is 5.32 Å². The van der Waals surface area contributed by atoms with Crippen LogP contribution in [0.3, 0.4) is 0 Å². The molecule has 4 nitrogen and oxygen atoms in total. The van der Waals surface area contributed by atoms with E-state index in [1.54, 1.807) is 0 Å². The van der Waals surface area contributed by atoms with E-state index in [2.05, 4.69) is 45.4 Å². The van der Waals surface area contributed by atoms with Gasteiger partial charge in [-0.05, 0) is 75.4 Å². The van der Waals surface area contributed by atoms with Gasteiger partial charge in [0.25, 0.3) is 0 Å². The molecule has 2 saturated carbocycles. The first-order valence-corrected chi connectivity index (χ1v) is 12.1. The third kappa shape index (κ3) is 2.97. The molecule has 1 unspecified atom stereocenters. The lowest BCUT2D eigenvalue weighted by molar-refractivity contribution is -0.145. The lowest BCUT2D eigenvalue weighted by atomic mass is 9.78. The van der Waals surface area contributed by atoms with Crippen LogP contribution in [0.5, 0.6) is 0 Å². The molecule has 2 bridgehead atoms. The first kappa shape index (κ1) is 18.4. The van der Waals surface area contributed by atoms with Gasteiger partial charge in [0.05, 0.1) is 5.41 Å². The molecule has 3 aliphatic heterocycles. The molecular weight excluding hydrogens is 358 g/mol. The van der Waals surface area contributed by atoms with Gasteiger partial charge in [-0.25, -0.2) is 0 Å². The first-order chi connectivity index (χ1) is 14.2.